The van der Waals surface area contributed by atoms with Gasteiger partial charge in [0, 0.05) is 36.4 Å². The van der Waals surface area contributed by atoms with Crippen LogP contribution in [0.1, 0.15) is 81.4 Å². The average molecular weight is 467 g/mol. The van der Waals surface area contributed by atoms with E-state index < -0.39 is 23.9 Å². The van der Waals surface area contributed by atoms with Crippen LogP contribution in [0.5, 0.6) is 0 Å². The number of aromatic nitrogens is 1. The third kappa shape index (κ3) is 12.3. The van der Waals surface area contributed by atoms with Crippen LogP contribution in [0.15, 0.2) is 12.4 Å². The zero-order valence-electron chi connectivity index (χ0n) is 19.7. The van der Waals surface area contributed by atoms with Crippen LogP contribution in [0.25, 0.3) is 0 Å². The fraction of sp³-hybridized carbons (Fsp3) is 0.667. The van der Waals surface area contributed by atoms with E-state index in [-0.39, 0.29) is 18.9 Å². The van der Waals surface area contributed by atoms with Crippen molar-refractivity contribution in [1.29, 1.82) is 0 Å². The van der Waals surface area contributed by atoms with Crippen LogP contribution in [0.3, 0.4) is 0 Å². The Balaban J connectivity index is 3.13. The van der Waals surface area contributed by atoms with Gasteiger partial charge in [-0.1, -0.05) is 0 Å². The number of aryl methyl sites for hydroxylation is 3. The van der Waals surface area contributed by atoms with Crippen molar-refractivity contribution in [2.24, 2.45) is 11.5 Å². The summed E-state index contributed by atoms with van der Waals surface area (Å²) in [6, 6.07) is -0.803. The standard InChI is InChI=1S/C24H39N3O6/c1-17(25)7-4-5-14-27-15-18(8-6-11-23(30)31)20(9-2-3-10-22(28)29)19(16-27)12-13-21(26)24(32)33/h15-17,21H,2-14,25-26H2,1H3,(H2-,28,29,30,31,32,33)/p+1/t17-,21+/m1/s1. The third-order valence-electron chi connectivity index (χ3n) is 5.69. The summed E-state index contributed by atoms with van der Waals surface area (Å²) < 4.78 is 2.10. The van der Waals surface area contributed by atoms with Gasteiger partial charge in [0.2, 0.25) is 0 Å². The highest BCUT2D eigenvalue weighted by molar-refractivity contribution is 5.73. The maximum atomic E-state index is 11.2. The Morgan fingerprint density at radius 1 is 0.818 bits per heavy atom. The van der Waals surface area contributed by atoms with Gasteiger partial charge in [-0.3, -0.25) is 14.4 Å². The predicted molar refractivity (Wildman–Crippen MR) is 124 cm³/mol. The Morgan fingerprint density at radius 2 is 1.42 bits per heavy atom. The van der Waals surface area contributed by atoms with E-state index in [9.17, 15) is 14.4 Å². The molecule has 0 aliphatic heterocycles. The maximum Gasteiger partial charge on any atom is 0.320 e. The summed E-state index contributed by atoms with van der Waals surface area (Å²) in [4.78, 5) is 33.1. The van der Waals surface area contributed by atoms with Crippen LogP contribution in [0.2, 0.25) is 0 Å². The molecule has 1 aromatic heterocycles. The van der Waals surface area contributed by atoms with Crippen LogP contribution in [-0.2, 0) is 40.2 Å². The Bertz CT molecular complexity index is 782. The van der Waals surface area contributed by atoms with Crippen molar-refractivity contribution in [2.75, 3.05) is 0 Å². The molecule has 1 heterocycles. The van der Waals surface area contributed by atoms with E-state index in [1.807, 2.05) is 13.1 Å². The average Bonchev–Trinajstić information content (AvgIpc) is 2.72. The van der Waals surface area contributed by atoms with Gasteiger partial charge in [-0.2, -0.15) is 0 Å². The van der Waals surface area contributed by atoms with Crippen molar-refractivity contribution < 1.29 is 34.3 Å². The molecular formula is C24H40N3O6+. The van der Waals surface area contributed by atoms with Crippen molar-refractivity contribution in [3.63, 3.8) is 0 Å². The van der Waals surface area contributed by atoms with E-state index in [4.69, 9.17) is 26.8 Å². The first kappa shape index (κ1) is 28.5. The van der Waals surface area contributed by atoms with E-state index in [1.54, 1.807) is 0 Å². The van der Waals surface area contributed by atoms with Crippen molar-refractivity contribution in [3.05, 3.63) is 29.1 Å². The lowest BCUT2D eigenvalue weighted by atomic mass is 9.92. The monoisotopic (exact) mass is 466 g/mol. The molecule has 0 radical (unpaired) electrons. The highest BCUT2D eigenvalue weighted by atomic mass is 16.4. The number of unbranched alkanes of at least 4 members (excludes halogenated alkanes) is 2. The summed E-state index contributed by atoms with van der Waals surface area (Å²) in [6.07, 6.45) is 10.9. The van der Waals surface area contributed by atoms with Gasteiger partial charge in [0.25, 0.3) is 0 Å². The molecule has 0 saturated carbocycles. The van der Waals surface area contributed by atoms with E-state index in [2.05, 4.69) is 10.8 Å². The van der Waals surface area contributed by atoms with Crippen LogP contribution >= 0.6 is 0 Å². The molecule has 9 heteroatoms. The third-order valence-corrected chi connectivity index (χ3v) is 5.69. The quantitative estimate of drug-likeness (QED) is 0.162. The normalized spacial score (nSPS) is 12.9. The summed E-state index contributed by atoms with van der Waals surface area (Å²) in [5.41, 5.74) is 14.7. The van der Waals surface area contributed by atoms with E-state index in [0.29, 0.717) is 44.9 Å². The minimum atomic E-state index is -1.04. The molecule has 0 aromatic carbocycles. The molecule has 1 rings (SSSR count). The molecule has 0 spiro atoms. The lowest BCUT2D eigenvalue weighted by Crippen LogP contribution is -2.36. The van der Waals surface area contributed by atoms with Gasteiger partial charge in [-0.15, -0.1) is 0 Å². The van der Waals surface area contributed by atoms with E-state index >= 15 is 0 Å². The molecule has 0 bridgehead atoms. The number of carboxylic acid groups (broad SMARTS) is 3. The zero-order chi connectivity index (χ0) is 24.8. The molecule has 2 atom stereocenters. The summed E-state index contributed by atoms with van der Waals surface area (Å²) in [7, 11) is 0. The van der Waals surface area contributed by atoms with Crippen molar-refractivity contribution in [2.45, 2.75) is 103 Å². The van der Waals surface area contributed by atoms with Gasteiger partial charge < -0.3 is 26.8 Å². The SMILES string of the molecule is C[C@@H](N)CCCC[n+]1cc(CCCC(=O)O)c(CCCCC(=O)O)c(CC[C@H](N)C(=O)O)c1. The van der Waals surface area contributed by atoms with E-state index in [1.165, 1.54) is 0 Å². The van der Waals surface area contributed by atoms with Gasteiger partial charge in [0.15, 0.2) is 12.4 Å². The second-order valence-corrected chi connectivity index (χ2v) is 8.83. The molecule has 0 saturated heterocycles. The number of aliphatic carboxylic acids is 3. The number of pyridine rings is 1. The highest BCUT2D eigenvalue weighted by Crippen LogP contribution is 2.21. The lowest BCUT2D eigenvalue weighted by Gasteiger charge is -2.15. The molecule has 33 heavy (non-hydrogen) atoms. The molecule has 9 nitrogen and oxygen atoms in total. The number of hydrogen-bond acceptors (Lipinski definition) is 5. The van der Waals surface area contributed by atoms with Crippen LogP contribution in [0, 0.1) is 0 Å². The summed E-state index contributed by atoms with van der Waals surface area (Å²) in [5.74, 6) is -2.72. The second-order valence-electron chi connectivity index (χ2n) is 8.83. The summed E-state index contributed by atoms with van der Waals surface area (Å²) >= 11 is 0. The van der Waals surface area contributed by atoms with Crippen molar-refractivity contribution in [1.82, 2.24) is 0 Å². The fourth-order valence-electron chi connectivity index (χ4n) is 3.88. The van der Waals surface area contributed by atoms with Gasteiger partial charge in [-0.25, -0.2) is 4.57 Å². The fourth-order valence-corrected chi connectivity index (χ4v) is 3.88. The highest BCUT2D eigenvalue weighted by Gasteiger charge is 2.19. The minimum absolute atomic E-state index is 0.0704. The van der Waals surface area contributed by atoms with Crippen molar-refractivity contribution in [3.8, 4) is 0 Å². The first-order valence-electron chi connectivity index (χ1n) is 11.8. The van der Waals surface area contributed by atoms with Gasteiger partial charge >= 0.3 is 17.9 Å². The van der Waals surface area contributed by atoms with Crippen LogP contribution < -0.4 is 16.0 Å². The number of hydrogen-bond donors (Lipinski definition) is 5. The molecular weight excluding hydrogens is 426 g/mol. The molecule has 0 fully saturated rings. The number of nitrogens with two attached hydrogens (primary N) is 2. The molecule has 1 aromatic rings. The second kappa shape index (κ2) is 15.3. The predicted octanol–water partition coefficient (Wildman–Crippen LogP) is 2.04. The molecule has 7 N–H and O–H groups in total. The Labute approximate surface area is 195 Å². The number of carboxylic acids is 3. The topological polar surface area (TPSA) is 168 Å². The van der Waals surface area contributed by atoms with Crippen LogP contribution in [0.4, 0.5) is 0 Å². The molecule has 186 valence electrons. The maximum absolute atomic E-state index is 11.2. The molecule has 0 aliphatic carbocycles. The van der Waals surface area contributed by atoms with Gasteiger partial charge in [-0.05, 0) is 70.3 Å². The molecule has 0 unspecified atom stereocenters. The largest absolute Gasteiger partial charge is 0.481 e. The number of nitrogens with zero attached hydrogens (tertiary/aromatic N) is 1. The Hall–Kier alpha value is -2.52. The Kier molecular flexibility index (Phi) is 13.3. The number of rotatable bonds is 18. The first-order chi connectivity index (χ1) is 15.6. The number of carbonyl (C=O) groups is 3. The first-order valence-corrected chi connectivity index (χ1v) is 11.8. The van der Waals surface area contributed by atoms with Gasteiger partial charge in [0.1, 0.15) is 12.6 Å². The van der Waals surface area contributed by atoms with Gasteiger partial charge in [0.05, 0.1) is 0 Å². The smallest absolute Gasteiger partial charge is 0.320 e. The Morgan fingerprint density at radius 3 is 2.00 bits per heavy atom. The molecule has 0 amide bonds. The summed E-state index contributed by atoms with van der Waals surface area (Å²) in [5, 5.41) is 27.1. The zero-order valence-corrected chi connectivity index (χ0v) is 19.7. The lowest BCUT2D eigenvalue weighted by molar-refractivity contribution is -0.698. The minimum Gasteiger partial charge on any atom is -0.481 e. The summed E-state index contributed by atoms with van der Waals surface area (Å²) in [6.45, 7) is 2.77. The molecule has 0 aliphatic rings. The van der Waals surface area contributed by atoms with E-state index in [0.717, 1.165) is 42.5 Å². The van der Waals surface area contributed by atoms with Crippen LogP contribution in [-0.4, -0.2) is 45.3 Å². The van der Waals surface area contributed by atoms with Crippen molar-refractivity contribution >= 4 is 17.9 Å².